The van der Waals surface area contributed by atoms with Crippen LogP contribution in [0.25, 0.3) is 12.2 Å². The summed E-state index contributed by atoms with van der Waals surface area (Å²) in [6.45, 7) is 0. The van der Waals surface area contributed by atoms with E-state index in [1.807, 2.05) is 11.1 Å². The molecule has 4 aliphatic carbocycles. The second-order valence-corrected chi connectivity index (χ2v) is 27.7. The van der Waals surface area contributed by atoms with E-state index in [0.717, 1.165) is 19.2 Å². The summed E-state index contributed by atoms with van der Waals surface area (Å²) in [7, 11) is 0. The molecule has 2 saturated carbocycles. The van der Waals surface area contributed by atoms with Gasteiger partial charge in [0.15, 0.2) is 0 Å². The van der Waals surface area contributed by atoms with Gasteiger partial charge in [-0.3, -0.25) is 0 Å². The zero-order chi connectivity index (χ0) is 20.4. The van der Waals surface area contributed by atoms with Crippen molar-refractivity contribution in [1.82, 2.24) is 0 Å². The van der Waals surface area contributed by atoms with Gasteiger partial charge in [-0.1, -0.05) is 0 Å². The fourth-order valence-electron chi connectivity index (χ4n) is 8.09. The molecule has 0 radical (unpaired) electrons. The first-order chi connectivity index (χ1) is 15.4. The number of allylic oxidation sites excluding steroid dienone is 2. The van der Waals surface area contributed by atoms with E-state index in [4.69, 9.17) is 0 Å². The van der Waals surface area contributed by atoms with Gasteiger partial charge in [-0.25, -0.2) is 0 Å². The second kappa shape index (κ2) is 9.44. The zero-order valence-electron chi connectivity index (χ0n) is 19.4. The predicted octanol–water partition coefficient (Wildman–Crippen LogP) is 2.66. The average molecular weight is 644 g/mol. The Labute approximate surface area is 216 Å². The molecule has 0 aromatic heterocycles. The molecule has 0 bridgehead atoms. The zero-order valence-corrected chi connectivity index (χ0v) is 24.5. The third kappa shape index (κ3) is 3.80. The molecule has 3 fully saturated rings. The maximum Gasteiger partial charge on any atom is -1.00 e. The molecule has 5 aliphatic rings. The number of hydrogen-bond acceptors (Lipinski definition) is 0. The summed E-state index contributed by atoms with van der Waals surface area (Å²) in [6, 6.07) is 19.1. The van der Waals surface area contributed by atoms with Gasteiger partial charge in [0, 0.05) is 0 Å². The molecular weight excluding hydrogens is 610 g/mol. The smallest absolute Gasteiger partial charge is 1.00 e. The van der Waals surface area contributed by atoms with Gasteiger partial charge >= 0.3 is 193 Å². The van der Waals surface area contributed by atoms with Crippen LogP contribution < -0.4 is 24.8 Å². The van der Waals surface area contributed by atoms with Gasteiger partial charge in [-0.15, -0.1) is 0 Å². The van der Waals surface area contributed by atoms with Crippen molar-refractivity contribution in [1.29, 1.82) is 0 Å². The van der Waals surface area contributed by atoms with Crippen LogP contribution >= 0.6 is 0 Å². The molecule has 0 nitrogen and oxygen atoms in total. The third-order valence-corrected chi connectivity index (χ3v) is 28.4. The number of fused-ring (bicyclic) bond motifs is 2. The van der Waals surface area contributed by atoms with Gasteiger partial charge in [0.05, 0.1) is 0 Å². The van der Waals surface area contributed by atoms with Crippen LogP contribution in [0.15, 0.2) is 59.7 Å². The average Bonchev–Trinajstić information content (AvgIpc) is 3.34. The summed E-state index contributed by atoms with van der Waals surface area (Å²) in [5.41, 5.74) is 10.5. The van der Waals surface area contributed by atoms with Crippen molar-refractivity contribution in [3.05, 3.63) is 81.9 Å². The SMILES string of the molecule is C1=C(C2CCCC2)[CH]([Hf+2]2([CH]3C(C4CCCC4)=Cc4ccccc43)[CH2][CH2]2)c2ccccc21.[Cl-].[Cl-]. The van der Waals surface area contributed by atoms with E-state index in [9.17, 15) is 0 Å². The Hall–Kier alpha value is -0.630. The fraction of sp³-hybridized carbons (Fsp3) is 0.467. The van der Waals surface area contributed by atoms with Crippen LogP contribution in [0.4, 0.5) is 0 Å². The van der Waals surface area contributed by atoms with E-state index in [1.54, 1.807) is 30.6 Å². The monoisotopic (exact) mass is 644 g/mol. The molecule has 2 atom stereocenters. The quantitative estimate of drug-likeness (QED) is 0.450. The Balaban J connectivity index is 0.00000114. The van der Waals surface area contributed by atoms with Crippen LogP contribution in [0.5, 0.6) is 0 Å². The summed E-state index contributed by atoms with van der Waals surface area (Å²) in [4.78, 5) is 0. The first kappa shape index (κ1) is 24.1. The minimum absolute atomic E-state index is 0. The molecule has 7 rings (SSSR count). The van der Waals surface area contributed by atoms with Crippen molar-refractivity contribution in [2.75, 3.05) is 0 Å². The molecule has 1 aliphatic heterocycles. The molecule has 0 amide bonds. The summed E-state index contributed by atoms with van der Waals surface area (Å²) in [5, 5.41) is 0. The van der Waals surface area contributed by atoms with Crippen molar-refractivity contribution >= 4 is 12.2 Å². The third-order valence-electron chi connectivity index (χ3n) is 9.56. The Morgan fingerprint density at radius 1 is 0.545 bits per heavy atom. The van der Waals surface area contributed by atoms with Gasteiger partial charge in [0.25, 0.3) is 0 Å². The molecule has 2 unspecified atom stereocenters. The van der Waals surface area contributed by atoms with Crippen molar-refractivity contribution in [2.45, 2.75) is 67.1 Å². The van der Waals surface area contributed by atoms with Crippen LogP contribution in [0.2, 0.25) is 8.35 Å². The maximum atomic E-state index is 2.69. The van der Waals surface area contributed by atoms with Crippen molar-refractivity contribution in [2.24, 2.45) is 11.8 Å². The first-order valence-electron chi connectivity index (χ1n) is 13.0. The molecule has 33 heavy (non-hydrogen) atoms. The largest absolute Gasteiger partial charge is 1.00 e. The van der Waals surface area contributed by atoms with Crippen LogP contribution in [-0.4, -0.2) is 0 Å². The molecule has 0 spiro atoms. The Morgan fingerprint density at radius 3 is 1.33 bits per heavy atom. The Kier molecular flexibility index (Phi) is 6.89. The van der Waals surface area contributed by atoms with Gasteiger partial charge < -0.3 is 24.8 Å². The van der Waals surface area contributed by atoms with E-state index < -0.39 is 20.0 Å². The van der Waals surface area contributed by atoms with Crippen molar-refractivity contribution in [3.8, 4) is 0 Å². The molecule has 1 saturated heterocycles. The summed E-state index contributed by atoms with van der Waals surface area (Å²) >= 11 is -2.63. The van der Waals surface area contributed by atoms with Crippen LogP contribution in [0, 0.1) is 11.8 Å². The molecule has 2 aromatic carbocycles. The normalized spacial score (nSPS) is 26.3. The van der Waals surface area contributed by atoms with Crippen molar-refractivity contribution < 1.29 is 44.8 Å². The van der Waals surface area contributed by atoms with Gasteiger partial charge in [0.1, 0.15) is 0 Å². The summed E-state index contributed by atoms with van der Waals surface area (Å²) < 4.78 is 4.98. The fourth-order valence-corrected chi connectivity index (χ4v) is 36.4. The van der Waals surface area contributed by atoms with Crippen LogP contribution in [-0.2, 0) is 20.0 Å². The minimum Gasteiger partial charge on any atom is -1.00 e. The number of halogens is 2. The number of benzene rings is 2. The predicted molar refractivity (Wildman–Crippen MR) is 128 cm³/mol. The molecule has 2 aromatic rings. The van der Waals surface area contributed by atoms with Gasteiger partial charge in [-0.05, 0) is 0 Å². The summed E-state index contributed by atoms with van der Waals surface area (Å²) in [6.07, 6.45) is 17.0. The van der Waals surface area contributed by atoms with E-state index in [2.05, 4.69) is 60.7 Å². The summed E-state index contributed by atoms with van der Waals surface area (Å²) in [5.74, 6) is 1.76. The molecule has 0 N–H and O–H groups in total. The van der Waals surface area contributed by atoms with Gasteiger partial charge in [0.2, 0.25) is 0 Å². The van der Waals surface area contributed by atoms with E-state index in [-0.39, 0.29) is 24.8 Å². The maximum absolute atomic E-state index is 2.69. The van der Waals surface area contributed by atoms with Crippen molar-refractivity contribution in [3.63, 3.8) is 0 Å². The molecular formula is C30H34Cl2Hf. The van der Waals surface area contributed by atoms with Crippen LogP contribution in [0.3, 0.4) is 0 Å². The number of hydrogen-bond donors (Lipinski definition) is 0. The second-order valence-electron chi connectivity index (χ2n) is 11.1. The van der Waals surface area contributed by atoms with E-state index in [0.29, 0.717) is 0 Å². The van der Waals surface area contributed by atoms with Gasteiger partial charge in [-0.2, -0.15) is 0 Å². The Bertz CT molecular complexity index is 1000. The first-order valence-corrected chi connectivity index (χ1v) is 22.2. The Morgan fingerprint density at radius 2 is 0.939 bits per heavy atom. The van der Waals surface area contributed by atoms with E-state index in [1.165, 1.54) is 51.4 Å². The molecule has 172 valence electrons. The minimum atomic E-state index is -2.63. The number of rotatable bonds is 4. The van der Waals surface area contributed by atoms with E-state index >= 15 is 0 Å². The molecule has 3 heteroatoms. The van der Waals surface area contributed by atoms with Crippen LogP contribution in [0.1, 0.15) is 81.0 Å². The standard InChI is InChI=1S/2C14H15.C2H4.2ClH.Hf/c2*1-2-6-11(5-1)14-9-12-7-3-4-8-13(12)10-14;1-2;;;/h2*3-4,7-11H,1-2,5-6H2;1-2H2;2*1H;/q;;;;;+2/p-2. The molecule has 1 heterocycles. The topological polar surface area (TPSA) is 0 Å².